The fourth-order valence-corrected chi connectivity index (χ4v) is 2.87. The lowest BCUT2D eigenvalue weighted by molar-refractivity contribution is 0.0942. The van der Waals surface area contributed by atoms with Crippen LogP contribution < -0.4 is 4.74 Å². The summed E-state index contributed by atoms with van der Waals surface area (Å²) in [5.74, 6) is 2.39. The van der Waals surface area contributed by atoms with Gasteiger partial charge < -0.3 is 9.84 Å². The number of rotatable bonds is 4. The smallest absolute Gasteiger partial charge is 0.125 e. The van der Waals surface area contributed by atoms with Gasteiger partial charge in [0.05, 0.1) is 12.2 Å². The van der Waals surface area contributed by atoms with Crippen LogP contribution in [-0.4, -0.2) is 11.2 Å². The van der Waals surface area contributed by atoms with E-state index in [-0.39, 0.29) is 0 Å². The van der Waals surface area contributed by atoms with Crippen molar-refractivity contribution in [1.29, 1.82) is 0 Å². The molecule has 1 saturated carbocycles. The van der Waals surface area contributed by atoms with E-state index in [9.17, 15) is 5.11 Å². The molecule has 0 bridgehead atoms. The number of benzene rings is 1. The molecule has 1 aromatic rings. The quantitative estimate of drug-likeness (QED) is 0.875. The van der Waals surface area contributed by atoms with Crippen LogP contribution in [0.2, 0.25) is 0 Å². The van der Waals surface area contributed by atoms with Gasteiger partial charge in [-0.2, -0.15) is 0 Å². The van der Waals surface area contributed by atoms with Gasteiger partial charge >= 0.3 is 0 Å². The normalized spacial score (nSPS) is 28.9. The second-order valence-electron chi connectivity index (χ2n) is 5.97. The predicted molar refractivity (Wildman–Crippen MR) is 78.3 cm³/mol. The number of hydrogen-bond donors (Lipinski definition) is 1. The van der Waals surface area contributed by atoms with Crippen molar-refractivity contribution in [2.45, 2.75) is 58.7 Å². The first-order valence-electron chi connectivity index (χ1n) is 7.55. The molecule has 2 nitrogen and oxygen atoms in total. The van der Waals surface area contributed by atoms with Crippen LogP contribution in [0, 0.1) is 11.8 Å². The maximum Gasteiger partial charge on any atom is 0.125 e. The maximum atomic E-state index is 10.1. The van der Waals surface area contributed by atoms with Crippen LogP contribution in [0.15, 0.2) is 24.3 Å². The van der Waals surface area contributed by atoms with Gasteiger partial charge in [-0.15, -0.1) is 0 Å². The maximum absolute atomic E-state index is 10.1. The van der Waals surface area contributed by atoms with Crippen molar-refractivity contribution in [2.75, 3.05) is 0 Å². The summed E-state index contributed by atoms with van der Waals surface area (Å²) in [5.41, 5.74) is 0.927. The highest BCUT2D eigenvalue weighted by Crippen LogP contribution is 2.34. The number of aliphatic hydroxyl groups is 1. The molecule has 0 heterocycles. The van der Waals surface area contributed by atoms with E-state index < -0.39 is 6.10 Å². The van der Waals surface area contributed by atoms with Crippen molar-refractivity contribution in [1.82, 2.24) is 0 Å². The number of hydrogen-bond acceptors (Lipinski definition) is 2. The van der Waals surface area contributed by atoms with E-state index in [1.807, 2.05) is 31.2 Å². The molecule has 19 heavy (non-hydrogen) atoms. The lowest BCUT2D eigenvalue weighted by Gasteiger charge is -2.33. The number of aliphatic hydroxyl groups excluding tert-OH is 1. The SMILES string of the molecule is CC[C@@H](O)c1ccccc1OC1CCC(C)C(C)C1. The Labute approximate surface area is 116 Å². The molecule has 2 rings (SSSR count). The van der Waals surface area contributed by atoms with E-state index in [0.29, 0.717) is 6.10 Å². The summed E-state index contributed by atoms with van der Waals surface area (Å²) in [4.78, 5) is 0. The molecule has 0 aliphatic heterocycles. The monoisotopic (exact) mass is 262 g/mol. The first kappa shape index (κ1) is 14.4. The largest absolute Gasteiger partial charge is 0.490 e. The minimum atomic E-state index is -0.420. The zero-order valence-electron chi connectivity index (χ0n) is 12.3. The van der Waals surface area contributed by atoms with E-state index in [0.717, 1.165) is 42.4 Å². The Morgan fingerprint density at radius 3 is 2.63 bits per heavy atom. The third-order valence-electron chi connectivity index (χ3n) is 4.51. The highest BCUT2D eigenvalue weighted by Gasteiger charge is 2.26. The predicted octanol–water partition coefficient (Wildman–Crippen LogP) is 4.33. The van der Waals surface area contributed by atoms with Crippen LogP contribution >= 0.6 is 0 Å². The first-order valence-corrected chi connectivity index (χ1v) is 7.55. The van der Waals surface area contributed by atoms with E-state index in [1.54, 1.807) is 0 Å². The minimum absolute atomic E-state index is 0.302. The summed E-state index contributed by atoms with van der Waals surface area (Å²) in [7, 11) is 0. The van der Waals surface area contributed by atoms with Crippen molar-refractivity contribution in [3.63, 3.8) is 0 Å². The fraction of sp³-hybridized carbons (Fsp3) is 0.647. The van der Waals surface area contributed by atoms with Gasteiger partial charge in [0, 0.05) is 5.56 Å². The Kier molecular flexibility index (Phi) is 4.87. The highest BCUT2D eigenvalue weighted by molar-refractivity contribution is 5.35. The summed E-state index contributed by atoms with van der Waals surface area (Å²) in [6.45, 7) is 6.63. The van der Waals surface area contributed by atoms with Crippen molar-refractivity contribution in [3.05, 3.63) is 29.8 Å². The van der Waals surface area contributed by atoms with Crippen LogP contribution in [0.1, 0.15) is 58.1 Å². The number of ether oxygens (including phenoxy) is 1. The molecule has 1 fully saturated rings. The molecule has 0 amide bonds. The molecule has 1 aliphatic carbocycles. The van der Waals surface area contributed by atoms with Crippen molar-refractivity contribution >= 4 is 0 Å². The number of para-hydroxylation sites is 1. The zero-order chi connectivity index (χ0) is 13.8. The average Bonchev–Trinajstić information content (AvgIpc) is 2.43. The van der Waals surface area contributed by atoms with Gasteiger partial charge in [-0.3, -0.25) is 0 Å². The topological polar surface area (TPSA) is 29.5 Å². The molecular weight excluding hydrogens is 236 g/mol. The summed E-state index contributed by atoms with van der Waals surface area (Å²) in [6, 6.07) is 7.90. The van der Waals surface area contributed by atoms with Crippen LogP contribution in [0.25, 0.3) is 0 Å². The highest BCUT2D eigenvalue weighted by atomic mass is 16.5. The van der Waals surface area contributed by atoms with E-state index in [1.165, 1.54) is 6.42 Å². The Morgan fingerprint density at radius 2 is 1.95 bits per heavy atom. The van der Waals surface area contributed by atoms with Gasteiger partial charge in [-0.25, -0.2) is 0 Å². The third kappa shape index (κ3) is 3.50. The Hall–Kier alpha value is -1.02. The Bertz CT molecular complexity index is 402. The van der Waals surface area contributed by atoms with Crippen molar-refractivity contribution in [3.8, 4) is 5.75 Å². The Morgan fingerprint density at radius 1 is 1.21 bits per heavy atom. The molecule has 106 valence electrons. The van der Waals surface area contributed by atoms with Gasteiger partial charge in [0.1, 0.15) is 5.75 Å². The molecule has 1 aliphatic rings. The lowest BCUT2D eigenvalue weighted by Crippen LogP contribution is -2.29. The van der Waals surface area contributed by atoms with Crippen molar-refractivity contribution < 1.29 is 9.84 Å². The van der Waals surface area contributed by atoms with E-state index in [4.69, 9.17) is 4.74 Å². The fourth-order valence-electron chi connectivity index (χ4n) is 2.87. The summed E-state index contributed by atoms with van der Waals surface area (Å²) < 4.78 is 6.17. The van der Waals surface area contributed by atoms with Gasteiger partial charge in [-0.1, -0.05) is 39.0 Å². The molecule has 0 spiro atoms. The third-order valence-corrected chi connectivity index (χ3v) is 4.51. The van der Waals surface area contributed by atoms with Crippen molar-refractivity contribution in [2.24, 2.45) is 11.8 Å². The second kappa shape index (κ2) is 6.42. The molecule has 0 saturated heterocycles. The summed E-state index contributed by atoms with van der Waals surface area (Å²) in [6.07, 6.45) is 4.09. The molecule has 0 aromatic heterocycles. The van der Waals surface area contributed by atoms with Crippen LogP contribution in [-0.2, 0) is 0 Å². The molecule has 1 N–H and O–H groups in total. The van der Waals surface area contributed by atoms with Gasteiger partial charge in [0.25, 0.3) is 0 Å². The van der Waals surface area contributed by atoms with Gasteiger partial charge in [-0.05, 0) is 43.6 Å². The minimum Gasteiger partial charge on any atom is -0.490 e. The Balaban J connectivity index is 2.07. The van der Waals surface area contributed by atoms with E-state index >= 15 is 0 Å². The summed E-state index contributed by atoms with van der Waals surface area (Å²) >= 11 is 0. The van der Waals surface area contributed by atoms with Crippen LogP contribution in [0.4, 0.5) is 0 Å². The molecule has 4 atom stereocenters. The zero-order valence-corrected chi connectivity index (χ0v) is 12.3. The summed E-state index contributed by atoms with van der Waals surface area (Å²) in [5, 5.41) is 10.1. The molecule has 1 aromatic carbocycles. The lowest BCUT2D eigenvalue weighted by atomic mass is 9.80. The van der Waals surface area contributed by atoms with E-state index in [2.05, 4.69) is 13.8 Å². The van der Waals surface area contributed by atoms with Crippen LogP contribution in [0.5, 0.6) is 5.75 Å². The van der Waals surface area contributed by atoms with Gasteiger partial charge in [0.2, 0.25) is 0 Å². The molecule has 0 radical (unpaired) electrons. The standard InChI is InChI=1S/C17H26O2/c1-4-16(18)15-7-5-6-8-17(15)19-14-10-9-12(2)13(3)11-14/h5-8,12-14,16,18H,4,9-11H2,1-3H3/t12?,13?,14?,16-/m1/s1. The second-order valence-corrected chi connectivity index (χ2v) is 5.97. The molecule has 2 heteroatoms. The first-order chi connectivity index (χ1) is 9.11. The van der Waals surface area contributed by atoms with Crippen LogP contribution in [0.3, 0.4) is 0 Å². The molecular formula is C17H26O2. The average molecular weight is 262 g/mol. The molecule has 3 unspecified atom stereocenters. The van der Waals surface area contributed by atoms with Gasteiger partial charge in [0.15, 0.2) is 0 Å².